The molecular formula is C23H18ClN3O2S. The molecule has 0 atom stereocenters. The lowest BCUT2D eigenvalue weighted by Crippen LogP contribution is -2.05. The summed E-state index contributed by atoms with van der Waals surface area (Å²) in [6, 6.07) is 18.2. The monoisotopic (exact) mass is 435 g/mol. The van der Waals surface area contributed by atoms with Crippen molar-refractivity contribution in [1.29, 1.82) is 0 Å². The molecule has 150 valence electrons. The molecule has 0 aliphatic rings. The summed E-state index contributed by atoms with van der Waals surface area (Å²) < 4.78 is 1.84. The predicted molar refractivity (Wildman–Crippen MR) is 121 cm³/mol. The third-order valence-electron chi connectivity index (χ3n) is 4.63. The molecule has 30 heavy (non-hydrogen) atoms. The summed E-state index contributed by atoms with van der Waals surface area (Å²) >= 11 is 7.18. The van der Waals surface area contributed by atoms with Crippen molar-refractivity contribution in [2.24, 2.45) is 0 Å². The molecule has 1 aromatic heterocycles. The average Bonchev–Trinajstić information content (AvgIpc) is 3.14. The van der Waals surface area contributed by atoms with E-state index >= 15 is 0 Å². The lowest BCUT2D eigenvalue weighted by atomic mass is 10.1. The van der Waals surface area contributed by atoms with Crippen LogP contribution in [0, 0.1) is 0 Å². The summed E-state index contributed by atoms with van der Waals surface area (Å²) in [5, 5.41) is 22.2. The van der Waals surface area contributed by atoms with Crippen molar-refractivity contribution in [1.82, 2.24) is 14.8 Å². The van der Waals surface area contributed by atoms with Crippen LogP contribution in [-0.2, 0) is 6.54 Å². The molecule has 0 aliphatic heterocycles. The number of nitrogens with zero attached hydrogens (tertiary/aromatic N) is 3. The van der Waals surface area contributed by atoms with Crippen molar-refractivity contribution in [3.8, 4) is 17.1 Å². The first kappa shape index (κ1) is 20.2. The Morgan fingerprint density at radius 3 is 2.50 bits per heavy atom. The van der Waals surface area contributed by atoms with Crippen LogP contribution >= 0.6 is 23.4 Å². The quantitative estimate of drug-likeness (QED) is 0.232. The van der Waals surface area contributed by atoms with Crippen molar-refractivity contribution < 1.29 is 9.90 Å². The van der Waals surface area contributed by atoms with Gasteiger partial charge in [-0.1, -0.05) is 53.7 Å². The highest BCUT2D eigenvalue weighted by atomic mass is 35.5. The highest BCUT2D eigenvalue weighted by molar-refractivity contribution is 7.99. The molecule has 1 heterocycles. The van der Waals surface area contributed by atoms with E-state index in [2.05, 4.69) is 16.8 Å². The van der Waals surface area contributed by atoms with Gasteiger partial charge in [0.25, 0.3) is 0 Å². The number of benzene rings is 3. The molecule has 7 heteroatoms. The maximum absolute atomic E-state index is 12.5. The van der Waals surface area contributed by atoms with Gasteiger partial charge >= 0.3 is 0 Å². The number of halogens is 1. The fourth-order valence-electron chi connectivity index (χ4n) is 3.14. The number of thioether (sulfide) groups is 1. The van der Waals surface area contributed by atoms with E-state index in [1.165, 1.54) is 11.8 Å². The molecule has 0 radical (unpaired) electrons. The number of hydrogen-bond acceptors (Lipinski definition) is 5. The number of phenolic OH excluding ortho intramolecular Hbond substituents is 1. The second-order valence-electron chi connectivity index (χ2n) is 6.64. The van der Waals surface area contributed by atoms with Crippen LogP contribution in [0.15, 0.2) is 78.5 Å². The molecule has 3 aromatic carbocycles. The topological polar surface area (TPSA) is 68.0 Å². The smallest absolute Gasteiger partial charge is 0.192 e. The van der Waals surface area contributed by atoms with E-state index in [1.807, 2.05) is 34.9 Å². The minimum absolute atomic E-state index is 0.0278. The van der Waals surface area contributed by atoms with E-state index < -0.39 is 0 Å². The van der Waals surface area contributed by atoms with Crippen molar-refractivity contribution in [2.45, 2.75) is 11.7 Å². The zero-order chi connectivity index (χ0) is 21.1. The minimum Gasteiger partial charge on any atom is -0.507 e. The number of ketones is 1. The lowest BCUT2D eigenvalue weighted by Gasteiger charge is -2.10. The van der Waals surface area contributed by atoms with Crippen LogP contribution in [0.2, 0.25) is 5.02 Å². The Morgan fingerprint density at radius 2 is 1.80 bits per heavy atom. The van der Waals surface area contributed by atoms with Gasteiger partial charge < -0.3 is 5.11 Å². The van der Waals surface area contributed by atoms with E-state index in [9.17, 15) is 9.90 Å². The van der Waals surface area contributed by atoms with E-state index in [4.69, 9.17) is 11.6 Å². The molecule has 1 N–H and O–H groups in total. The Bertz CT molecular complexity index is 1240. The van der Waals surface area contributed by atoms with Crippen molar-refractivity contribution in [3.05, 3.63) is 83.9 Å². The molecule has 0 unspecified atom stereocenters. The number of rotatable bonds is 7. The molecule has 0 spiro atoms. The maximum atomic E-state index is 12.5. The Balaban J connectivity index is 1.63. The van der Waals surface area contributed by atoms with Crippen molar-refractivity contribution in [3.63, 3.8) is 0 Å². The van der Waals surface area contributed by atoms with E-state index in [1.54, 1.807) is 36.4 Å². The molecule has 0 bridgehead atoms. The summed E-state index contributed by atoms with van der Waals surface area (Å²) in [4.78, 5) is 12.5. The number of carbonyl (C=O) groups is 1. The number of allylic oxidation sites excluding steroid dienone is 1. The van der Waals surface area contributed by atoms with Crippen LogP contribution in [0.25, 0.3) is 22.2 Å². The summed E-state index contributed by atoms with van der Waals surface area (Å²) in [6.45, 7) is 4.26. The van der Waals surface area contributed by atoms with E-state index in [0.717, 1.165) is 10.8 Å². The second kappa shape index (κ2) is 8.73. The summed E-state index contributed by atoms with van der Waals surface area (Å²) in [5.41, 5.74) is 1.17. The maximum Gasteiger partial charge on any atom is 0.192 e. The van der Waals surface area contributed by atoms with Gasteiger partial charge in [0.15, 0.2) is 16.8 Å². The summed E-state index contributed by atoms with van der Waals surface area (Å²) in [6.07, 6.45) is 1.73. The lowest BCUT2D eigenvalue weighted by molar-refractivity contribution is 0.102. The van der Waals surface area contributed by atoms with Gasteiger partial charge in [-0.15, -0.1) is 16.8 Å². The Kier molecular flexibility index (Phi) is 5.88. The fourth-order valence-corrected chi connectivity index (χ4v) is 4.11. The second-order valence-corrected chi connectivity index (χ2v) is 8.02. The van der Waals surface area contributed by atoms with E-state index in [-0.39, 0.29) is 17.3 Å². The fraction of sp³-hybridized carbons (Fsp3) is 0.0870. The Labute approximate surface area is 183 Å². The molecule has 0 fully saturated rings. The van der Waals surface area contributed by atoms with Crippen LogP contribution in [0.3, 0.4) is 0 Å². The standard InChI is InChI=1S/C23H18ClN3O2S/c1-2-11-27-22(19-12-16-5-3-4-6-17(16)13-20(19)28)25-26-23(27)30-14-21(29)15-7-9-18(24)10-8-15/h2-10,12-13,28H,1,11,14H2. The van der Waals surface area contributed by atoms with Crippen LogP contribution in [0.4, 0.5) is 0 Å². The molecule has 0 saturated heterocycles. The van der Waals surface area contributed by atoms with Gasteiger partial charge in [-0.3, -0.25) is 9.36 Å². The normalized spacial score (nSPS) is 11.0. The molecule has 0 amide bonds. The van der Waals surface area contributed by atoms with Gasteiger partial charge in [-0.25, -0.2) is 0 Å². The van der Waals surface area contributed by atoms with Gasteiger partial charge in [-0.05, 0) is 47.2 Å². The summed E-state index contributed by atoms with van der Waals surface area (Å²) in [5.74, 6) is 0.834. The van der Waals surface area contributed by atoms with Gasteiger partial charge in [0.1, 0.15) is 5.75 Å². The Morgan fingerprint density at radius 1 is 1.10 bits per heavy atom. The van der Waals surface area contributed by atoms with Gasteiger partial charge in [0, 0.05) is 17.1 Å². The number of aromatic hydroxyl groups is 1. The van der Waals surface area contributed by atoms with Crippen LogP contribution < -0.4 is 0 Å². The first-order valence-electron chi connectivity index (χ1n) is 9.24. The van der Waals surface area contributed by atoms with Crippen LogP contribution in [0.1, 0.15) is 10.4 Å². The zero-order valence-corrected chi connectivity index (χ0v) is 17.5. The third kappa shape index (κ3) is 4.10. The largest absolute Gasteiger partial charge is 0.507 e. The number of carbonyl (C=O) groups excluding carboxylic acids is 1. The van der Waals surface area contributed by atoms with Crippen LogP contribution in [-0.4, -0.2) is 31.4 Å². The molecule has 0 saturated carbocycles. The first-order valence-corrected chi connectivity index (χ1v) is 10.6. The number of fused-ring (bicyclic) bond motifs is 1. The first-order chi connectivity index (χ1) is 14.6. The molecule has 4 aromatic rings. The molecule has 5 nitrogen and oxygen atoms in total. The molecule has 0 aliphatic carbocycles. The predicted octanol–water partition coefficient (Wildman–Crippen LogP) is 5.62. The zero-order valence-electron chi connectivity index (χ0n) is 16.0. The molecule has 4 rings (SSSR count). The van der Waals surface area contributed by atoms with Crippen molar-refractivity contribution >= 4 is 39.9 Å². The van der Waals surface area contributed by atoms with Gasteiger partial charge in [-0.2, -0.15) is 0 Å². The Hall–Kier alpha value is -3.09. The third-order valence-corrected chi connectivity index (χ3v) is 5.85. The molecular weight excluding hydrogens is 418 g/mol. The SMILES string of the molecule is C=CCn1c(SCC(=O)c2ccc(Cl)cc2)nnc1-c1cc2ccccc2cc1O. The van der Waals surface area contributed by atoms with Crippen molar-refractivity contribution in [2.75, 3.05) is 5.75 Å². The number of aromatic nitrogens is 3. The number of Topliss-reactive ketones (excluding diaryl/α,β-unsaturated/α-hetero) is 1. The highest BCUT2D eigenvalue weighted by Crippen LogP contribution is 2.34. The van der Waals surface area contributed by atoms with Crippen LogP contribution in [0.5, 0.6) is 5.75 Å². The van der Waals surface area contributed by atoms with E-state index in [0.29, 0.717) is 33.7 Å². The minimum atomic E-state index is -0.0278. The number of phenols is 1. The number of hydrogen-bond donors (Lipinski definition) is 1. The highest BCUT2D eigenvalue weighted by Gasteiger charge is 2.18. The van der Waals surface area contributed by atoms with Gasteiger partial charge in [0.2, 0.25) is 0 Å². The average molecular weight is 436 g/mol. The van der Waals surface area contributed by atoms with Gasteiger partial charge in [0.05, 0.1) is 11.3 Å². The summed E-state index contributed by atoms with van der Waals surface area (Å²) in [7, 11) is 0.